The molecule has 0 unspecified atom stereocenters. The Morgan fingerprint density at radius 3 is 2.50 bits per heavy atom. The molecule has 0 aromatic carbocycles. The molecule has 10 heteroatoms. The molecule has 32 heavy (non-hydrogen) atoms. The van der Waals surface area contributed by atoms with Crippen molar-refractivity contribution >= 4 is 22.5 Å². The van der Waals surface area contributed by atoms with Gasteiger partial charge in [-0.15, -0.1) is 0 Å². The van der Waals surface area contributed by atoms with Crippen molar-refractivity contribution in [1.29, 1.82) is 0 Å². The lowest BCUT2D eigenvalue weighted by Crippen LogP contribution is -2.06. The molecule has 1 atom stereocenters. The lowest BCUT2D eigenvalue weighted by molar-refractivity contribution is -0.137. The summed E-state index contributed by atoms with van der Waals surface area (Å²) in [6.07, 6.45) is -1.67. The third-order valence-electron chi connectivity index (χ3n) is 4.85. The first-order valence-electron chi connectivity index (χ1n) is 9.58. The summed E-state index contributed by atoms with van der Waals surface area (Å²) in [5, 5.41) is 22.5. The lowest BCUT2D eigenvalue weighted by Gasteiger charge is -2.12. The second-order valence-corrected chi connectivity index (χ2v) is 7.11. The maximum Gasteiger partial charge on any atom is 0.417 e. The van der Waals surface area contributed by atoms with Gasteiger partial charge in [-0.05, 0) is 48.9 Å². The first-order valence-corrected chi connectivity index (χ1v) is 9.58. The van der Waals surface area contributed by atoms with E-state index in [2.05, 4.69) is 25.3 Å². The third-order valence-corrected chi connectivity index (χ3v) is 4.85. The van der Waals surface area contributed by atoms with E-state index < -0.39 is 24.5 Å². The third kappa shape index (κ3) is 4.36. The van der Waals surface area contributed by atoms with Crippen molar-refractivity contribution in [2.75, 3.05) is 11.9 Å². The van der Waals surface area contributed by atoms with Crippen LogP contribution in [0.25, 0.3) is 22.3 Å². The Labute approximate surface area is 180 Å². The molecule has 0 bridgehead atoms. The highest BCUT2D eigenvalue weighted by Crippen LogP contribution is 2.30. The maximum atomic E-state index is 12.7. The largest absolute Gasteiger partial charge is 0.417 e. The second-order valence-electron chi connectivity index (χ2n) is 7.11. The van der Waals surface area contributed by atoms with Gasteiger partial charge in [-0.1, -0.05) is 0 Å². The van der Waals surface area contributed by atoms with Crippen LogP contribution in [0.3, 0.4) is 0 Å². The molecule has 4 aromatic rings. The molecular weight excluding hydrogens is 423 g/mol. The van der Waals surface area contributed by atoms with Gasteiger partial charge in [0.2, 0.25) is 0 Å². The minimum Gasteiger partial charge on any atom is -0.393 e. The Hall–Kier alpha value is -3.63. The molecule has 0 saturated carbocycles. The first kappa shape index (κ1) is 21.6. The highest BCUT2D eigenvalue weighted by molar-refractivity contribution is 5.91. The van der Waals surface area contributed by atoms with Gasteiger partial charge >= 0.3 is 6.18 Å². The summed E-state index contributed by atoms with van der Waals surface area (Å²) < 4.78 is 38.2. The number of pyridine rings is 4. The number of fused-ring (bicyclic) bond motifs is 1. The molecule has 4 rings (SSSR count). The molecule has 4 heterocycles. The number of aryl methyl sites for hydroxylation is 1. The van der Waals surface area contributed by atoms with Crippen LogP contribution in [0, 0.1) is 6.92 Å². The number of nitrogens with one attached hydrogen (secondary N) is 1. The lowest BCUT2D eigenvalue weighted by atomic mass is 10.1. The van der Waals surface area contributed by atoms with Crippen LogP contribution in [0.1, 0.15) is 22.8 Å². The van der Waals surface area contributed by atoms with Crippen molar-refractivity contribution in [3.05, 3.63) is 71.7 Å². The molecule has 3 N–H and O–H groups in total. The highest BCUT2D eigenvalue weighted by Gasteiger charge is 2.30. The Balaban J connectivity index is 1.64. The van der Waals surface area contributed by atoms with Crippen LogP contribution in [-0.4, -0.2) is 36.8 Å². The summed E-state index contributed by atoms with van der Waals surface area (Å²) in [6, 6.07) is 9.18. The van der Waals surface area contributed by atoms with Gasteiger partial charge in [-0.2, -0.15) is 13.2 Å². The Bertz CT molecular complexity index is 1260. The normalized spacial score (nSPS) is 12.7. The summed E-state index contributed by atoms with van der Waals surface area (Å²) in [5.74, 6) is 0.623. The topological polar surface area (TPSA) is 104 Å². The average molecular weight is 441 g/mol. The van der Waals surface area contributed by atoms with Crippen LogP contribution in [-0.2, 0) is 6.18 Å². The number of alkyl halides is 3. The van der Waals surface area contributed by atoms with E-state index in [4.69, 9.17) is 5.11 Å². The standard InChI is InChI=1S/C22H18F3N5O2/c1-12-8-13(18(32)11-31)9-28-20(12)17-4-3-15-16(29-17)6-7-26-21(15)30-19-5-2-14(10-27-19)22(23,24)25/h2-10,18,31-32H,11H2,1H3,(H,26,27,30)/t18-/m1/s1. The van der Waals surface area contributed by atoms with E-state index in [-0.39, 0.29) is 5.82 Å². The minimum atomic E-state index is -4.45. The SMILES string of the molecule is Cc1cc([C@H](O)CO)cnc1-c1ccc2c(Nc3ccc(C(F)(F)F)cn3)nccc2n1. The Morgan fingerprint density at radius 1 is 1.03 bits per heavy atom. The van der Waals surface area contributed by atoms with Gasteiger partial charge in [0.25, 0.3) is 0 Å². The minimum absolute atomic E-state index is 0.220. The molecule has 0 aliphatic carbocycles. The second kappa shape index (κ2) is 8.48. The molecule has 0 amide bonds. The van der Waals surface area contributed by atoms with Crippen molar-refractivity contribution in [3.63, 3.8) is 0 Å². The van der Waals surface area contributed by atoms with Gasteiger partial charge in [0, 0.05) is 29.5 Å². The van der Waals surface area contributed by atoms with Gasteiger partial charge in [-0.25, -0.2) is 15.0 Å². The van der Waals surface area contributed by atoms with Crippen molar-refractivity contribution in [2.24, 2.45) is 0 Å². The van der Waals surface area contributed by atoms with E-state index in [0.717, 1.165) is 17.8 Å². The summed E-state index contributed by atoms with van der Waals surface area (Å²) in [7, 11) is 0. The number of rotatable bonds is 5. The van der Waals surface area contributed by atoms with Crippen molar-refractivity contribution in [3.8, 4) is 11.4 Å². The zero-order valence-electron chi connectivity index (χ0n) is 16.8. The van der Waals surface area contributed by atoms with E-state index in [1.807, 2.05) is 6.92 Å². The van der Waals surface area contributed by atoms with Crippen LogP contribution in [0.15, 0.2) is 55.0 Å². The number of aromatic nitrogens is 4. The number of aliphatic hydroxyl groups is 2. The monoisotopic (exact) mass is 441 g/mol. The van der Waals surface area contributed by atoms with E-state index in [0.29, 0.717) is 33.7 Å². The molecule has 0 fully saturated rings. The van der Waals surface area contributed by atoms with Gasteiger partial charge in [0.1, 0.15) is 17.7 Å². The summed E-state index contributed by atoms with van der Waals surface area (Å²) in [4.78, 5) is 17.1. The van der Waals surface area contributed by atoms with E-state index in [9.17, 15) is 18.3 Å². The number of aliphatic hydroxyl groups excluding tert-OH is 2. The average Bonchev–Trinajstić information content (AvgIpc) is 2.78. The Kier molecular flexibility index (Phi) is 5.72. The quantitative estimate of drug-likeness (QED) is 0.427. The number of anilines is 2. The van der Waals surface area contributed by atoms with Gasteiger partial charge < -0.3 is 15.5 Å². The van der Waals surface area contributed by atoms with Crippen molar-refractivity contribution < 1.29 is 23.4 Å². The van der Waals surface area contributed by atoms with Crippen LogP contribution in [0.4, 0.5) is 24.8 Å². The smallest absolute Gasteiger partial charge is 0.393 e. The van der Waals surface area contributed by atoms with Crippen molar-refractivity contribution in [1.82, 2.24) is 19.9 Å². The van der Waals surface area contributed by atoms with E-state index in [1.165, 1.54) is 18.5 Å². The summed E-state index contributed by atoms with van der Waals surface area (Å²) in [5.41, 5.74) is 2.28. The molecule has 0 aliphatic heterocycles. The number of nitrogens with zero attached hydrogens (tertiary/aromatic N) is 4. The van der Waals surface area contributed by atoms with Crippen LogP contribution >= 0.6 is 0 Å². The zero-order valence-corrected chi connectivity index (χ0v) is 16.8. The van der Waals surface area contributed by atoms with Crippen molar-refractivity contribution in [2.45, 2.75) is 19.2 Å². The van der Waals surface area contributed by atoms with Gasteiger partial charge in [0.15, 0.2) is 0 Å². The predicted octanol–water partition coefficient (Wildman–Crippen LogP) is 4.18. The van der Waals surface area contributed by atoms with Gasteiger partial charge in [-0.3, -0.25) is 4.98 Å². The molecule has 7 nitrogen and oxygen atoms in total. The van der Waals surface area contributed by atoms with Crippen LogP contribution < -0.4 is 5.32 Å². The van der Waals surface area contributed by atoms with E-state index >= 15 is 0 Å². The van der Waals surface area contributed by atoms with Gasteiger partial charge in [0.05, 0.1) is 29.1 Å². The zero-order chi connectivity index (χ0) is 22.9. The fourth-order valence-electron chi connectivity index (χ4n) is 3.19. The number of halogens is 3. The molecule has 0 radical (unpaired) electrons. The maximum absolute atomic E-state index is 12.7. The fraction of sp³-hybridized carbons (Fsp3) is 0.182. The van der Waals surface area contributed by atoms with Crippen LogP contribution in [0.2, 0.25) is 0 Å². The molecule has 0 spiro atoms. The number of hydrogen-bond donors (Lipinski definition) is 3. The number of hydrogen-bond acceptors (Lipinski definition) is 7. The summed E-state index contributed by atoms with van der Waals surface area (Å²) in [6.45, 7) is 1.43. The fourth-order valence-corrected chi connectivity index (χ4v) is 3.19. The first-order chi connectivity index (χ1) is 15.3. The molecule has 0 aliphatic rings. The molecule has 4 aromatic heterocycles. The molecule has 164 valence electrons. The molecule has 0 saturated heterocycles. The van der Waals surface area contributed by atoms with E-state index in [1.54, 1.807) is 24.3 Å². The highest BCUT2D eigenvalue weighted by atomic mass is 19.4. The Morgan fingerprint density at radius 2 is 1.84 bits per heavy atom. The molecular formula is C22H18F3N5O2. The van der Waals surface area contributed by atoms with Crippen LogP contribution in [0.5, 0.6) is 0 Å². The predicted molar refractivity (Wildman–Crippen MR) is 112 cm³/mol. The summed E-state index contributed by atoms with van der Waals surface area (Å²) >= 11 is 0.